The third-order valence-corrected chi connectivity index (χ3v) is 12.5. The van der Waals surface area contributed by atoms with Crippen LogP contribution in [0.2, 0.25) is 7.87 Å². The summed E-state index contributed by atoms with van der Waals surface area (Å²) < 4.78 is 3.65. The molecule has 0 spiro atoms. The monoisotopic (exact) mass is 283 g/mol. The molecule has 0 bridgehead atoms. The molecule has 0 aromatic heterocycles. The first kappa shape index (κ1) is 11.1. The molecule has 0 unspecified atom stereocenters. The zero-order valence-electron chi connectivity index (χ0n) is 9.09. The minimum absolute atomic E-state index is 0.568. The van der Waals surface area contributed by atoms with Crippen LogP contribution in [0.15, 0.2) is 30.3 Å². The molecule has 0 N–H and O–H groups in total. The van der Waals surface area contributed by atoms with Crippen LogP contribution in [0.3, 0.4) is 0 Å². The predicted molar refractivity (Wildman–Crippen MR) is 62.0 cm³/mol. The van der Waals surface area contributed by atoms with Gasteiger partial charge in [0.1, 0.15) is 0 Å². The van der Waals surface area contributed by atoms with Crippen LogP contribution in [0.4, 0.5) is 0 Å². The van der Waals surface area contributed by atoms with Crippen molar-refractivity contribution in [1.82, 2.24) is 0 Å². The van der Waals surface area contributed by atoms with E-state index in [9.17, 15) is 0 Å². The predicted octanol–water partition coefficient (Wildman–Crippen LogP) is 3.21. The number of benzene rings is 1. The summed E-state index contributed by atoms with van der Waals surface area (Å²) in [6.45, 7) is 9.56. The zero-order chi connectivity index (χ0) is 9.90. The molecule has 0 amide bonds. The average molecular weight is 282 g/mol. The molecule has 0 fully saturated rings. The van der Waals surface area contributed by atoms with E-state index in [0.717, 1.165) is 0 Å². The van der Waals surface area contributed by atoms with Crippen molar-refractivity contribution in [3.05, 3.63) is 30.3 Å². The third kappa shape index (κ3) is 3.01. The molecule has 0 saturated carbocycles. The first-order chi connectivity index (χ1) is 6.05. The summed E-state index contributed by atoms with van der Waals surface area (Å²) in [4.78, 5) is 0. The van der Waals surface area contributed by atoms with Crippen molar-refractivity contribution in [3.8, 4) is 0 Å². The molecule has 1 aromatic rings. The molecular formula is C12H19Sn. The van der Waals surface area contributed by atoms with E-state index in [1.54, 1.807) is 3.58 Å². The Morgan fingerprint density at radius 2 is 1.62 bits per heavy atom. The van der Waals surface area contributed by atoms with Crippen molar-refractivity contribution in [1.29, 1.82) is 0 Å². The number of hydrogen-bond donors (Lipinski definition) is 0. The van der Waals surface area contributed by atoms with Crippen LogP contribution in [0.1, 0.15) is 27.7 Å². The molecular weight excluding hydrogens is 263 g/mol. The summed E-state index contributed by atoms with van der Waals surface area (Å²) in [6, 6.07) is 11.1. The Morgan fingerprint density at radius 1 is 1.08 bits per heavy atom. The Morgan fingerprint density at radius 3 is 2.00 bits per heavy atom. The van der Waals surface area contributed by atoms with E-state index < -0.39 is 19.8 Å². The van der Waals surface area contributed by atoms with Crippen LogP contribution < -0.4 is 3.58 Å². The quantitative estimate of drug-likeness (QED) is 0.731. The normalized spacial score (nSPS) is 12.1. The molecule has 71 valence electrons. The first-order valence-electron chi connectivity index (χ1n) is 4.97. The molecule has 13 heavy (non-hydrogen) atoms. The van der Waals surface area contributed by atoms with Crippen molar-refractivity contribution in [2.24, 2.45) is 0 Å². The van der Waals surface area contributed by atoms with Gasteiger partial charge in [0.15, 0.2) is 0 Å². The summed E-state index contributed by atoms with van der Waals surface area (Å²) >= 11 is -1.36. The van der Waals surface area contributed by atoms with Gasteiger partial charge in [-0.2, -0.15) is 0 Å². The van der Waals surface area contributed by atoms with E-state index in [4.69, 9.17) is 0 Å². The summed E-state index contributed by atoms with van der Waals surface area (Å²) in [5.41, 5.74) is 0. The summed E-state index contributed by atoms with van der Waals surface area (Å²) in [5.74, 6) is 0. The number of hydrogen-bond acceptors (Lipinski definition) is 0. The van der Waals surface area contributed by atoms with Crippen molar-refractivity contribution in [2.75, 3.05) is 0 Å². The molecule has 0 saturated heterocycles. The second kappa shape index (κ2) is 4.49. The summed E-state index contributed by atoms with van der Waals surface area (Å²) in [6.07, 6.45) is 0. The van der Waals surface area contributed by atoms with Crippen molar-refractivity contribution in [2.45, 2.75) is 35.6 Å². The van der Waals surface area contributed by atoms with E-state index in [-0.39, 0.29) is 0 Å². The van der Waals surface area contributed by atoms with E-state index in [2.05, 4.69) is 58.0 Å². The van der Waals surface area contributed by atoms with Gasteiger partial charge in [-0.05, 0) is 0 Å². The van der Waals surface area contributed by atoms with Gasteiger partial charge in [0, 0.05) is 0 Å². The topological polar surface area (TPSA) is 0 Å². The van der Waals surface area contributed by atoms with Crippen molar-refractivity contribution in [3.63, 3.8) is 0 Å². The Balaban J connectivity index is 2.92. The molecule has 0 atom stereocenters. The third-order valence-electron chi connectivity index (χ3n) is 2.38. The fourth-order valence-corrected chi connectivity index (χ4v) is 10.2. The SMILES string of the molecule is C[CH2][Sn]([c]1ccccc1)[C](C)(C)C. The maximum atomic E-state index is 2.40. The minimum atomic E-state index is -1.36. The molecule has 1 radical (unpaired) electrons. The van der Waals surface area contributed by atoms with Gasteiger partial charge in [-0.25, -0.2) is 0 Å². The second-order valence-electron chi connectivity index (χ2n) is 4.45. The van der Waals surface area contributed by atoms with Gasteiger partial charge >= 0.3 is 89.2 Å². The van der Waals surface area contributed by atoms with Crippen molar-refractivity contribution >= 4 is 23.3 Å². The van der Waals surface area contributed by atoms with Crippen molar-refractivity contribution < 1.29 is 0 Å². The van der Waals surface area contributed by atoms with E-state index in [1.165, 1.54) is 4.44 Å². The van der Waals surface area contributed by atoms with Gasteiger partial charge in [-0.1, -0.05) is 0 Å². The van der Waals surface area contributed by atoms with E-state index in [1.807, 2.05) is 0 Å². The summed E-state index contributed by atoms with van der Waals surface area (Å²) in [7, 11) is 0. The molecule has 0 nitrogen and oxygen atoms in total. The van der Waals surface area contributed by atoms with Crippen LogP contribution in [-0.2, 0) is 0 Å². The zero-order valence-corrected chi connectivity index (χ0v) is 11.9. The van der Waals surface area contributed by atoms with Gasteiger partial charge < -0.3 is 0 Å². The van der Waals surface area contributed by atoms with Crippen LogP contribution in [0.25, 0.3) is 0 Å². The standard InChI is InChI=1S/C6H5.C4H9.C2H5.Sn/c1-2-4-6-5-3-1;1-4(2)3;1-2;/h1-5H;1-3H3;1H2,2H3;. The summed E-state index contributed by atoms with van der Waals surface area (Å²) in [5, 5.41) is 0. The second-order valence-corrected chi connectivity index (χ2v) is 15.1. The molecule has 0 aliphatic carbocycles. The molecule has 0 aliphatic heterocycles. The molecule has 1 heteroatoms. The Kier molecular flexibility index (Phi) is 3.84. The fourth-order valence-electron chi connectivity index (χ4n) is 1.81. The van der Waals surface area contributed by atoms with E-state index in [0.29, 0.717) is 3.43 Å². The Labute approximate surface area is 89.1 Å². The van der Waals surface area contributed by atoms with Crippen LogP contribution in [0, 0.1) is 0 Å². The number of rotatable bonds is 2. The first-order valence-corrected chi connectivity index (χ1v) is 9.84. The van der Waals surface area contributed by atoms with Crippen LogP contribution in [-0.4, -0.2) is 19.8 Å². The molecule has 0 aliphatic rings. The van der Waals surface area contributed by atoms with E-state index >= 15 is 0 Å². The van der Waals surface area contributed by atoms with Crippen LogP contribution in [0.5, 0.6) is 0 Å². The van der Waals surface area contributed by atoms with Gasteiger partial charge in [-0.3, -0.25) is 0 Å². The fraction of sp³-hybridized carbons (Fsp3) is 0.500. The molecule has 1 aromatic carbocycles. The Bertz CT molecular complexity index is 246. The maximum absolute atomic E-state index is 2.40. The average Bonchev–Trinajstić information content (AvgIpc) is 2.05. The molecule has 1 rings (SSSR count). The van der Waals surface area contributed by atoms with Crippen LogP contribution >= 0.6 is 0 Å². The van der Waals surface area contributed by atoms with Gasteiger partial charge in [0.05, 0.1) is 0 Å². The molecule has 0 heterocycles. The van der Waals surface area contributed by atoms with Gasteiger partial charge in [0.25, 0.3) is 0 Å². The van der Waals surface area contributed by atoms with Gasteiger partial charge in [0.2, 0.25) is 0 Å². The Hall–Kier alpha value is 0.0187. The van der Waals surface area contributed by atoms with Gasteiger partial charge in [-0.15, -0.1) is 0 Å².